The van der Waals surface area contributed by atoms with Crippen LogP contribution in [0.2, 0.25) is 0 Å². The number of likely N-dealkylation sites (tertiary alicyclic amines) is 1. The van der Waals surface area contributed by atoms with E-state index in [0.717, 1.165) is 25.0 Å². The molecule has 0 bridgehead atoms. The number of carbonyl (C=O) groups excluding carboxylic acids is 1. The molecule has 21 heavy (non-hydrogen) atoms. The molecular weight excluding hydrogens is 272 g/mol. The minimum absolute atomic E-state index is 0.0405. The lowest BCUT2D eigenvalue weighted by Crippen LogP contribution is -2.55. The second-order valence-corrected chi connectivity index (χ2v) is 5.80. The van der Waals surface area contributed by atoms with Gasteiger partial charge in [-0.15, -0.1) is 0 Å². The molecule has 0 spiro atoms. The number of rotatable bonds is 5. The molecule has 6 nitrogen and oxygen atoms in total. The van der Waals surface area contributed by atoms with Gasteiger partial charge in [0.05, 0.1) is 6.26 Å². The first-order chi connectivity index (χ1) is 9.93. The van der Waals surface area contributed by atoms with Gasteiger partial charge in [-0.05, 0) is 45.2 Å². The minimum Gasteiger partial charge on any atom is -0.480 e. The summed E-state index contributed by atoms with van der Waals surface area (Å²) in [5.74, 6) is -0.0639. The Morgan fingerprint density at radius 1 is 1.57 bits per heavy atom. The van der Waals surface area contributed by atoms with Crippen LogP contribution in [0.25, 0.3) is 0 Å². The van der Waals surface area contributed by atoms with Crippen molar-refractivity contribution in [3.8, 4) is 0 Å². The van der Waals surface area contributed by atoms with Crippen LogP contribution in [0.3, 0.4) is 0 Å². The maximum atomic E-state index is 12.3. The van der Waals surface area contributed by atoms with Gasteiger partial charge in [0, 0.05) is 19.0 Å². The minimum atomic E-state index is -1.09. The van der Waals surface area contributed by atoms with Crippen molar-refractivity contribution in [1.82, 2.24) is 10.2 Å². The van der Waals surface area contributed by atoms with E-state index in [2.05, 4.69) is 5.32 Å². The Hall–Kier alpha value is -1.98. The summed E-state index contributed by atoms with van der Waals surface area (Å²) in [6, 6.07) is 3.39. The number of carboxylic acids is 1. The number of carbonyl (C=O) groups is 2. The Labute approximate surface area is 124 Å². The molecule has 2 rings (SSSR count). The standard InChI is InChI=1S/C15H22N2O4/c1-11(6-7-12-5-3-10-21-12)16-14(20)17-9-4-8-15(17,2)13(18)19/h3,5,10-11H,4,6-9H2,1-2H3,(H,16,20)(H,18,19). The fourth-order valence-electron chi connectivity index (χ4n) is 2.69. The Balaban J connectivity index is 1.87. The molecule has 1 aliphatic heterocycles. The van der Waals surface area contributed by atoms with Gasteiger partial charge in [0.2, 0.25) is 0 Å². The van der Waals surface area contributed by atoms with Crippen molar-refractivity contribution in [1.29, 1.82) is 0 Å². The number of furan rings is 1. The molecule has 1 aromatic rings. The second kappa shape index (κ2) is 6.20. The third kappa shape index (κ3) is 3.37. The molecule has 0 radical (unpaired) electrons. The summed E-state index contributed by atoms with van der Waals surface area (Å²) in [6.45, 7) is 4.00. The quantitative estimate of drug-likeness (QED) is 0.872. The highest BCUT2D eigenvalue weighted by molar-refractivity contribution is 5.86. The molecule has 2 N–H and O–H groups in total. The van der Waals surface area contributed by atoms with Crippen LogP contribution in [0.15, 0.2) is 22.8 Å². The fourth-order valence-corrected chi connectivity index (χ4v) is 2.69. The van der Waals surface area contributed by atoms with Gasteiger partial charge in [-0.25, -0.2) is 9.59 Å². The Morgan fingerprint density at radius 3 is 2.95 bits per heavy atom. The number of hydrogen-bond acceptors (Lipinski definition) is 3. The van der Waals surface area contributed by atoms with Crippen molar-refractivity contribution in [2.24, 2.45) is 0 Å². The summed E-state index contributed by atoms with van der Waals surface area (Å²) in [5.41, 5.74) is -1.09. The maximum absolute atomic E-state index is 12.3. The van der Waals surface area contributed by atoms with Crippen molar-refractivity contribution >= 4 is 12.0 Å². The smallest absolute Gasteiger partial charge is 0.329 e. The summed E-state index contributed by atoms with van der Waals surface area (Å²) < 4.78 is 5.25. The molecule has 1 saturated heterocycles. The first kappa shape index (κ1) is 15.4. The van der Waals surface area contributed by atoms with Crippen LogP contribution in [0.4, 0.5) is 4.79 Å². The number of urea groups is 1. The van der Waals surface area contributed by atoms with Crippen LogP contribution in [0.1, 0.15) is 38.9 Å². The number of amides is 2. The van der Waals surface area contributed by atoms with Crippen molar-refractivity contribution < 1.29 is 19.1 Å². The lowest BCUT2D eigenvalue weighted by molar-refractivity contribution is -0.147. The third-order valence-corrected chi connectivity index (χ3v) is 4.12. The monoisotopic (exact) mass is 294 g/mol. The summed E-state index contributed by atoms with van der Waals surface area (Å²) in [6.07, 6.45) is 4.33. The molecule has 2 amide bonds. The van der Waals surface area contributed by atoms with Gasteiger partial charge in [-0.2, -0.15) is 0 Å². The Kier molecular flexibility index (Phi) is 4.55. The van der Waals surface area contributed by atoms with Crippen LogP contribution in [-0.4, -0.2) is 40.1 Å². The maximum Gasteiger partial charge on any atom is 0.329 e. The zero-order valence-electron chi connectivity index (χ0n) is 12.5. The number of aliphatic carboxylic acids is 1. The first-order valence-corrected chi connectivity index (χ1v) is 7.27. The van der Waals surface area contributed by atoms with Crippen LogP contribution in [0, 0.1) is 0 Å². The van der Waals surface area contributed by atoms with Gasteiger partial charge in [0.15, 0.2) is 0 Å². The summed E-state index contributed by atoms with van der Waals surface area (Å²) in [7, 11) is 0. The predicted octanol–water partition coefficient (Wildman–Crippen LogP) is 2.25. The van der Waals surface area contributed by atoms with Gasteiger partial charge >= 0.3 is 12.0 Å². The molecule has 1 aromatic heterocycles. The summed E-state index contributed by atoms with van der Waals surface area (Å²) in [5, 5.41) is 12.2. The van der Waals surface area contributed by atoms with Crippen molar-refractivity contribution in [2.75, 3.05) is 6.54 Å². The molecular formula is C15H22N2O4. The van der Waals surface area contributed by atoms with E-state index in [1.807, 2.05) is 19.1 Å². The predicted molar refractivity (Wildman–Crippen MR) is 77.0 cm³/mol. The van der Waals surface area contributed by atoms with Gasteiger partial charge in [-0.1, -0.05) is 0 Å². The van der Waals surface area contributed by atoms with E-state index in [0.29, 0.717) is 13.0 Å². The van der Waals surface area contributed by atoms with Gasteiger partial charge < -0.3 is 19.7 Å². The van der Waals surface area contributed by atoms with E-state index in [1.165, 1.54) is 4.90 Å². The molecule has 0 aliphatic carbocycles. The first-order valence-electron chi connectivity index (χ1n) is 7.27. The van der Waals surface area contributed by atoms with E-state index in [-0.39, 0.29) is 12.1 Å². The highest BCUT2D eigenvalue weighted by Gasteiger charge is 2.46. The number of carboxylic acid groups (broad SMARTS) is 1. The van der Waals surface area contributed by atoms with Gasteiger partial charge in [0.25, 0.3) is 0 Å². The molecule has 1 fully saturated rings. The lowest BCUT2D eigenvalue weighted by Gasteiger charge is -2.32. The highest BCUT2D eigenvalue weighted by atomic mass is 16.4. The van der Waals surface area contributed by atoms with Gasteiger partial charge in [0.1, 0.15) is 11.3 Å². The molecule has 2 atom stereocenters. The average molecular weight is 294 g/mol. The van der Waals surface area contributed by atoms with Crippen molar-refractivity contribution in [2.45, 2.75) is 51.1 Å². The summed E-state index contributed by atoms with van der Waals surface area (Å²) >= 11 is 0. The van der Waals surface area contributed by atoms with E-state index < -0.39 is 11.5 Å². The molecule has 2 heterocycles. The molecule has 1 aliphatic rings. The zero-order chi connectivity index (χ0) is 15.5. The molecule has 0 aromatic carbocycles. The number of nitrogens with zero attached hydrogens (tertiary/aromatic N) is 1. The Morgan fingerprint density at radius 2 is 2.33 bits per heavy atom. The zero-order valence-corrected chi connectivity index (χ0v) is 12.5. The number of nitrogens with one attached hydrogen (secondary N) is 1. The lowest BCUT2D eigenvalue weighted by atomic mass is 10.00. The van der Waals surface area contributed by atoms with Crippen molar-refractivity contribution in [3.05, 3.63) is 24.2 Å². The largest absolute Gasteiger partial charge is 0.480 e. The van der Waals surface area contributed by atoms with Crippen molar-refractivity contribution in [3.63, 3.8) is 0 Å². The van der Waals surface area contributed by atoms with Crippen LogP contribution in [-0.2, 0) is 11.2 Å². The fraction of sp³-hybridized carbons (Fsp3) is 0.600. The second-order valence-electron chi connectivity index (χ2n) is 5.80. The number of aryl methyl sites for hydroxylation is 1. The van der Waals surface area contributed by atoms with E-state index in [4.69, 9.17) is 4.42 Å². The molecule has 6 heteroatoms. The van der Waals surface area contributed by atoms with Gasteiger partial charge in [-0.3, -0.25) is 0 Å². The SMILES string of the molecule is CC(CCc1ccco1)NC(=O)N1CCCC1(C)C(=O)O. The van der Waals surface area contributed by atoms with Crippen LogP contribution >= 0.6 is 0 Å². The number of hydrogen-bond donors (Lipinski definition) is 2. The molecule has 0 saturated carbocycles. The normalized spacial score (nSPS) is 23.0. The van der Waals surface area contributed by atoms with Crippen LogP contribution in [0.5, 0.6) is 0 Å². The third-order valence-electron chi connectivity index (χ3n) is 4.12. The molecule has 2 unspecified atom stereocenters. The van der Waals surface area contributed by atoms with Crippen LogP contribution < -0.4 is 5.32 Å². The average Bonchev–Trinajstić information content (AvgIpc) is 3.06. The van der Waals surface area contributed by atoms with E-state index in [9.17, 15) is 14.7 Å². The van der Waals surface area contributed by atoms with E-state index >= 15 is 0 Å². The Bertz CT molecular complexity index is 500. The summed E-state index contributed by atoms with van der Waals surface area (Å²) in [4.78, 5) is 25.1. The molecule has 116 valence electrons. The highest BCUT2D eigenvalue weighted by Crippen LogP contribution is 2.29. The van der Waals surface area contributed by atoms with E-state index in [1.54, 1.807) is 13.2 Å². The topological polar surface area (TPSA) is 82.8 Å².